The predicted molar refractivity (Wildman–Crippen MR) is 106 cm³/mol. The van der Waals surface area contributed by atoms with E-state index in [2.05, 4.69) is 15.4 Å². The quantitative estimate of drug-likeness (QED) is 0.564. The number of benzene rings is 2. The van der Waals surface area contributed by atoms with Crippen molar-refractivity contribution < 1.29 is 9.18 Å². The minimum atomic E-state index is -0.337. The third kappa shape index (κ3) is 3.81. The zero-order valence-electron chi connectivity index (χ0n) is 14.6. The van der Waals surface area contributed by atoms with Gasteiger partial charge in [0.15, 0.2) is 0 Å². The maximum Gasteiger partial charge on any atom is 0.266 e. The molecule has 0 aliphatic rings. The van der Waals surface area contributed by atoms with Crippen LogP contribution in [-0.4, -0.2) is 27.2 Å². The van der Waals surface area contributed by atoms with Gasteiger partial charge in [-0.1, -0.05) is 0 Å². The smallest absolute Gasteiger partial charge is 0.266 e. The fourth-order valence-electron chi connectivity index (χ4n) is 2.76. The number of nitrogens with one attached hydrogen (secondary N) is 1. The molecule has 0 bridgehead atoms. The lowest BCUT2D eigenvalue weighted by molar-refractivity contribution is 0.0952. The molecule has 0 spiro atoms. The number of rotatable bonds is 5. The Balaban J connectivity index is 1.44. The first-order chi connectivity index (χ1) is 13.6. The fraction of sp³-hybridized carbons (Fsp3) is 0.100. The van der Waals surface area contributed by atoms with Crippen LogP contribution in [0.25, 0.3) is 21.5 Å². The van der Waals surface area contributed by atoms with E-state index in [0.29, 0.717) is 16.8 Å². The summed E-state index contributed by atoms with van der Waals surface area (Å²) in [4.78, 5) is 28.6. The minimum Gasteiger partial charge on any atom is -0.350 e. The number of thiazole rings is 1. The van der Waals surface area contributed by atoms with Gasteiger partial charge >= 0.3 is 0 Å². The molecule has 2 heterocycles. The molecule has 0 fully saturated rings. The Morgan fingerprint density at radius 1 is 1.11 bits per heavy atom. The highest BCUT2D eigenvalue weighted by Crippen LogP contribution is 2.19. The van der Waals surface area contributed by atoms with Crippen molar-refractivity contribution in [3.63, 3.8) is 0 Å². The van der Waals surface area contributed by atoms with Gasteiger partial charge in [-0.15, -0.1) is 11.3 Å². The molecule has 4 rings (SSSR count). The highest BCUT2D eigenvalue weighted by atomic mass is 32.1. The van der Waals surface area contributed by atoms with Crippen LogP contribution in [0.2, 0.25) is 0 Å². The number of carbonyl (C=O) groups is 1. The van der Waals surface area contributed by atoms with Gasteiger partial charge in [0.05, 0.1) is 28.0 Å². The van der Waals surface area contributed by atoms with Crippen molar-refractivity contribution in [3.8, 4) is 11.3 Å². The highest BCUT2D eigenvalue weighted by Gasteiger charge is 2.08. The largest absolute Gasteiger partial charge is 0.350 e. The van der Waals surface area contributed by atoms with Crippen LogP contribution in [0.3, 0.4) is 0 Å². The topological polar surface area (TPSA) is 76.9 Å². The second kappa shape index (κ2) is 7.69. The second-order valence-corrected chi connectivity index (χ2v) is 6.96. The van der Waals surface area contributed by atoms with E-state index >= 15 is 0 Å². The van der Waals surface area contributed by atoms with Gasteiger partial charge in [-0.3, -0.25) is 9.59 Å². The molecule has 4 aromatic rings. The van der Waals surface area contributed by atoms with Gasteiger partial charge < -0.3 is 5.32 Å². The predicted octanol–water partition coefficient (Wildman–Crippen LogP) is 3.09. The van der Waals surface area contributed by atoms with E-state index in [9.17, 15) is 14.0 Å². The van der Waals surface area contributed by atoms with Crippen LogP contribution < -0.4 is 10.9 Å². The summed E-state index contributed by atoms with van der Waals surface area (Å²) in [6.45, 7) is 0.474. The normalized spacial score (nSPS) is 10.9. The molecule has 0 aliphatic heterocycles. The lowest BCUT2D eigenvalue weighted by Crippen LogP contribution is -2.31. The highest BCUT2D eigenvalue weighted by molar-refractivity contribution is 7.16. The number of halogens is 1. The van der Waals surface area contributed by atoms with Gasteiger partial charge in [-0.2, -0.15) is 5.10 Å². The van der Waals surface area contributed by atoms with Crippen molar-refractivity contribution in [3.05, 3.63) is 81.8 Å². The van der Waals surface area contributed by atoms with E-state index in [1.54, 1.807) is 41.9 Å². The number of fused-ring (bicyclic) bond motifs is 1. The van der Waals surface area contributed by atoms with E-state index < -0.39 is 0 Å². The van der Waals surface area contributed by atoms with Crippen LogP contribution >= 0.6 is 11.3 Å². The van der Waals surface area contributed by atoms with E-state index in [1.807, 2.05) is 0 Å². The summed E-state index contributed by atoms with van der Waals surface area (Å²) in [5.41, 5.74) is 4.12. The van der Waals surface area contributed by atoms with E-state index in [0.717, 1.165) is 10.2 Å². The molecule has 0 aliphatic carbocycles. The molecule has 1 amide bonds. The Bertz CT molecular complexity index is 1200. The van der Waals surface area contributed by atoms with Gasteiger partial charge in [-0.25, -0.2) is 14.1 Å². The second-order valence-electron chi connectivity index (χ2n) is 6.08. The molecule has 28 heavy (non-hydrogen) atoms. The third-order valence-corrected chi connectivity index (χ3v) is 5.00. The van der Waals surface area contributed by atoms with E-state index in [1.165, 1.54) is 34.2 Å². The first-order valence-electron chi connectivity index (χ1n) is 8.56. The van der Waals surface area contributed by atoms with Crippen LogP contribution in [0.15, 0.2) is 64.9 Å². The summed E-state index contributed by atoms with van der Waals surface area (Å²) >= 11 is 1.47. The maximum absolute atomic E-state index is 13.1. The molecule has 1 N–H and O–H groups in total. The molecule has 0 saturated carbocycles. The molecule has 2 aromatic carbocycles. The van der Waals surface area contributed by atoms with Crippen LogP contribution in [0.4, 0.5) is 4.39 Å². The Morgan fingerprint density at radius 3 is 2.75 bits per heavy atom. The Morgan fingerprint density at radius 2 is 1.93 bits per heavy atom. The zero-order chi connectivity index (χ0) is 19.5. The average Bonchev–Trinajstić information content (AvgIpc) is 3.18. The van der Waals surface area contributed by atoms with E-state index in [4.69, 9.17) is 0 Å². The number of amides is 1. The first kappa shape index (κ1) is 18.0. The number of carbonyl (C=O) groups excluding carboxylic acids is 1. The van der Waals surface area contributed by atoms with E-state index in [-0.39, 0.29) is 30.4 Å². The van der Waals surface area contributed by atoms with Gasteiger partial charge in [0, 0.05) is 23.7 Å². The van der Waals surface area contributed by atoms with Crippen LogP contribution in [0.1, 0.15) is 10.4 Å². The lowest BCUT2D eigenvalue weighted by atomic mass is 10.1. The molecular weight excluding hydrogens is 379 g/mol. The van der Waals surface area contributed by atoms with Crippen molar-refractivity contribution in [1.82, 2.24) is 20.1 Å². The summed E-state index contributed by atoms with van der Waals surface area (Å²) in [6.07, 6.45) is 0. The SMILES string of the molecule is O=C(NCCn1nc(-c2ccc(F)cc2)ccc1=O)c1ccc2ncsc2c1. The number of hydrogen-bond acceptors (Lipinski definition) is 5. The van der Waals surface area contributed by atoms with Gasteiger partial charge in [0.2, 0.25) is 0 Å². The van der Waals surface area contributed by atoms with Crippen molar-refractivity contribution in [2.45, 2.75) is 6.54 Å². The van der Waals surface area contributed by atoms with Crippen molar-refractivity contribution >= 4 is 27.5 Å². The summed E-state index contributed by atoms with van der Waals surface area (Å²) in [5.74, 6) is -0.561. The number of nitrogens with zero attached hydrogens (tertiary/aromatic N) is 3. The number of aromatic nitrogens is 3. The van der Waals surface area contributed by atoms with Crippen LogP contribution in [-0.2, 0) is 6.54 Å². The zero-order valence-corrected chi connectivity index (χ0v) is 15.4. The minimum absolute atomic E-state index is 0.224. The fourth-order valence-corrected chi connectivity index (χ4v) is 3.47. The molecule has 2 aromatic heterocycles. The summed E-state index contributed by atoms with van der Waals surface area (Å²) in [7, 11) is 0. The van der Waals surface area contributed by atoms with Crippen molar-refractivity contribution in [2.24, 2.45) is 0 Å². The number of hydrogen-bond donors (Lipinski definition) is 1. The van der Waals surface area contributed by atoms with Crippen molar-refractivity contribution in [2.75, 3.05) is 6.54 Å². The Labute approximate surface area is 163 Å². The molecule has 6 nitrogen and oxygen atoms in total. The van der Waals surface area contributed by atoms with Crippen LogP contribution in [0.5, 0.6) is 0 Å². The molecule has 0 saturated heterocycles. The van der Waals surface area contributed by atoms with Gasteiger partial charge in [0.25, 0.3) is 11.5 Å². The van der Waals surface area contributed by atoms with Gasteiger partial charge in [-0.05, 0) is 48.5 Å². The molecule has 140 valence electrons. The molecule has 8 heteroatoms. The third-order valence-electron chi connectivity index (χ3n) is 4.21. The van der Waals surface area contributed by atoms with Crippen molar-refractivity contribution in [1.29, 1.82) is 0 Å². The molecule has 0 radical (unpaired) electrons. The summed E-state index contributed by atoms with van der Waals surface area (Å²) in [5, 5.41) is 7.09. The van der Waals surface area contributed by atoms with Crippen LogP contribution in [0, 0.1) is 5.82 Å². The lowest BCUT2D eigenvalue weighted by Gasteiger charge is -2.09. The van der Waals surface area contributed by atoms with Gasteiger partial charge in [0.1, 0.15) is 5.82 Å². The molecule has 0 atom stereocenters. The first-order valence-corrected chi connectivity index (χ1v) is 9.44. The standard InChI is InChI=1S/C20H15FN4O2S/c21-15-4-1-13(2-5-15)16-7-8-19(26)25(24-16)10-9-22-20(27)14-3-6-17-18(11-14)28-12-23-17/h1-8,11-12H,9-10H2,(H,22,27). The monoisotopic (exact) mass is 394 g/mol. The Hall–Kier alpha value is -3.39. The molecular formula is C20H15FN4O2S. The summed E-state index contributed by atoms with van der Waals surface area (Å²) < 4.78 is 15.3. The summed E-state index contributed by atoms with van der Waals surface area (Å²) in [6, 6.07) is 14.2. The molecule has 0 unspecified atom stereocenters. The maximum atomic E-state index is 13.1. The average molecular weight is 394 g/mol. The Kier molecular flexibility index (Phi) is 4.94.